The molecule has 1 unspecified atom stereocenters. The van der Waals surface area contributed by atoms with Gasteiger partial charge in [-0.15, -0.1) is 0 Å². The lowest BCUT2D eigenvalue weighted by molar-refractivity contribution is -0.991. The molecule has 1 atom stereocenters. The van der Waals surface area contributed by atoms with Gasteiger partial charge in [-0.1, -0.05) is 18.2 Å². The monoisotopic (exact) mass is 324 g/mol. The summed E-state index contributed by atoms with van der Waals surface area (Å²) < 4.78 is 26.8. The minimum atomic E-state index is -4.10. The summed E-state index contributed by atoms with van der Waals surface area (Å²) in [5.74, 6) is -1.42. The van der Waals surface area contributed by atoms with Crippen LogP contribution in [0, 0.1) is 5.21 Å². The zero-order valence-corrected chi connectivity index (χ0v) is 11.9. The molecule has 0 amide bonds. The molecule has 2 aromatic carbocycles. The largest absolute Gasteiger partial charge is 0.595 e. The third-order valence-electron chi connectivity index (χ3n) is 2.74. The van der Waals surface area contributed by atoms with Gasteiger partial charge in [0.15, 0.2) is 5.69 Å². The van der Waals surface area contributed by atoms with Crippen molar-refractivity contribution in [1.29, 1.82) is 0 Å². The molecule has 0 saturated heterocycles. The number of quaternary nitrogens is 1. The number of para-hydroxylation sites is 1. The lowest BCUT2D eigenvalue weighted by Crippen LogP contribution is -2.99. The van der Waals surface area contributed by atoms with Gasteiger partial charge in [-0.25, -0.2) is 18.4 Å². The Bertz CT molecular complexity index is 789. The molecule has 22 heavy (non-hydrogen) atoms. The van der Waals surface area contributed by atoms with E-state index >= 15 is 0 Å². The van der Waals surface area contributed by atoms with E-state index in [1.54, 1.807) is 18.2 Å². The first-order valence-electron chi connectivity index (χ1n) is 5.99. The predicted octanol–water partition coefficient (Wildman–Crippen LogP) is 0.589. The van der Waals surface area contributed by atoms with Crippen LogP contribution < -0.4 is 9.95 Å². The highest BCUT2D eigenvalue weighted by molar-refractivity contribution is 7.92. The zero-order chi connectivity index (χ0) is 16.3. The van der Waals surface area contributed by atoms with Gasteiger partial charge in [0.2, 0.25) is 0 Å². The molecule has 9 heteroatoms. The standard InChI is InChI=1S/C13H12N2O6S/c16-13(17)9-6-11(15(18)19)8-12(7-9)22(20,21)14-10-4-2-1-3-5-10/h1-8,14-15,18H,(H,16,17). The Labute approximate surface area is 125 Å². The number of nitrogens with one attached hydrogen (secondary N) is 2. The highest BCUT2D eigenvalue weighted by atomic mass is 32.2. The van der Waals surface area contributed by atoms with E-state index in [4.69, 9.17) is 10.3 Å². The first-order chi connectivity index (χ1) is 10.3. The van der Waals surface area contributed by atoms with Gasteiger partial charge in [-0.2, -0.15) is 5.23 Å². The minimum Gasteiger partial charge on any atom is -0.595 e. The Hall–Kier alpha value is -2.46. The maximum Gasteiger partial charge on any atom is 0.335 e. The highest BCUT2D eigenvalue weighted by Crippen LogP contribution is 2.20. The number of carboxylic acids is 1. The molecule has 0 aliphatic carbocycles. The number of hydrogen-bond acceptors (Lipinski definition) is 5. The van der Waals surface area contributed by atoms with E-state index in [2.05, 4.69) is 4.72 Å². The van der Waals surface area contributed by atoms with Gasteiger partial charge >= 0.3 is 5.97 Å². The van der Waals surface area contributed by atoms with Crippen molar-refractivity contribution in [3.05, 3.63) is 59.3 Å². The van der Waals surface area contributed by atoms with Crippen molar-refractivity contribution in [3.8, 4) is 0 Å². The molecule has 2 aromatic rings. The lowest BCUT2D eigenvalue weighted by Gasteiger charge is -2.14. The van der Waals surface area contributed by atoms with E-state index in [0.717, 1.165) is 18.2 Å². The summed E-state index contributed by atoms with van der Waals surface area (Å²) in [4.78, 5) is 10.6. The van der Waals surface area contributed by atoms with Crippen molar-refractivity contribution < 1.29 is 28.8 Å². The van der Waals surface area contributed by atoms with Gasteiger partial charge < -0.3 is 10.3 Å². The van der Waals surface area contributed by atoms with Crippen LogP contribution in [0.3, 0.4) is 0 Å². The molecule has 0 aromatic heterocycles. The summed E-state index contributed by atoms with van der Waals surface area (Å²) in [5, 5.41) is 27.5. The van der Waals surface area contributed by atoms with Gasteiger partial charge in [-0.05, 0) is 18.2 Å². The summed E-state index contributed by atoms with van der Waals surface area (Å²) >= 11 is 0. The number of anilines is 1. The molecule has 0 fully saturated rings. The third kappa shape index (κ3) is 3.59. The van der Waals surface area contributed by atoms with Crippen LogP contribution in [0.2, 0.25) is 0 Å². The third-order valence-corrected chi connectivity index (χ3v) is 4.10. The second-order valence-electron chi connectivity index (χ2n) is 4.33. The Morgan fingerprint density at radius 1 is 1.14 bits per heavy atom. The first-order valence-corrected chi connectivity index (χ1v) is 7.47. The molecule has 0 saturated carbocycles. The zero-order valence-electron chi connectivity index (χ0n) is 11.1. The number of carboxylic acid groups (broad SMARTS) is 1. The van der Waals surface area contributed by atoms with Gasteiger partial charge in [0, 0.05) is 17.8 Å². The molecule has 0 spiro atoms. The Morgan fingerprint density at radius 3 is 2.32 bits per heavy atom. The predicted molar refractivity (Wildman–Crippen MR) is 76.4 cm³/mol. The van der Waals surface area contributed by atoms with Crippen molar-refractivity contribution >= 4 is 27.4 Å². The lowest BCUT2D eigenvalue weighted by atomic mass is 10.2. The molecule has 0 radical (unpaired) electrons. The quantitative estimate of drug-likeness (QED) is 0.595. The van der Waals surface area contributed by atoms with Crippen molar-refractivity contribution in [2.24, 2.45) is 0 Å². The molecule has 0 bridgehead atoms. The van der Waals surface area contributed by atoms with E-state index in [1.807, 2.05) is 0 Å². The van der Waals surface area contributed by atoms with E-state index in [9.17, 15) is 18.4 Å². The van der Waals surface area contributed by atoms with Crippen molar-refractivity contribution in [2.75, 3.05) is 4.72 Å². The molecule has 2 rings (SSSR count). The molecule has 4 N–H and O–H groups in total. The fraction of sp³-hybridized carbons (Fsp3) is 0. The fourth-order valence-electron chi connectivity index (χ4n) is 1.72. The average molecular weight is 324 g/mol. The van der Waals surface area contributed by atoms with Crippen LogP contribution >= 0.6 is 0 Å². The van der Waals surface area contributed by atoms with Gasteiger partial charge in [-0.3, -0.25) is 4.72 Å². The van der Waals surface area contributed by atoms with Crippen LogP contribution in [-0.2, 0) is 10.0 Å². The topological polar surface area (TPSA) is 131 Å². The maximum atomic E-state index is 12.3. The number of rotatable bonds is 5. The Balaban J connectivity index is 2.48. The van der Waals surface area contributed by atoms with Gasteiger partial charge in [0.05, 0.1) is 10.5 Å². The van der Waals surface area contributed by atoms with Crippen LogP contribution in [-0.4, -0.2) is 24.7 Å². The molecule has 0 aliphatic rings. The second-order valence-corrected chi connectivity index (χ2v) is 6.01. The number of benzene rings is 2. The summed E-state index contributed by atoms with van der Waals surface area (Å²) in [6.45, 7) is 0. The van der Waals surface area contributed by atoms with Crippen molar-refractivity contribution in [3.63, 3.8) is 0 Å². The minimum absolute atomic E-state index is 0.278. The number of carbonyl (C=O) groups is 1. The summed E-state index contributed by atoms with van der Waals surface area (Å²) in [6.07, 6.45) is 0. The normalized spacial score (nSPS) is 12.6. The van der Waals surface area contributed by atoms with E-state index < -0.39 is 37.4 Å². The summed E-state index contributed by atoms with van der Waals surface area (Å²) in [7, 11) is -4.10. The number of hydrogen-bond donors (Lipinski definition) is 4. The molecule has 8 nitrogen and oxygen atoms in total. The van der Waals surface area contributed by atoms with E-state index in [-0.39, 0.29) is 5.69 Å². The Morgan fingerprint density at radius 2 is 1.77 bits per heavy atom. The maximum absolute atomic E-state index is 12.3. The summed E-state index contributed by atoms with van der Waals surface area (Å²) in [5.41, 5.74) is -0.568. The van der Waals surface area contributed by atoms with Crippen LogP contribution in [0.25, 0.3) is 0 Å². The molecule has 0 heterocycles. The smallest absolute Gasteiger partial charge is 0.335 e. The fourth-order valence-corrected chi connectivity index (χ4v) is 2.85. The van der Waals surface area contributed by atoms with Crippen LogP contribution in [0.1, 0.15) is 10.4 Å². The van der Waals surface area contributed by atoms with E-state index in [0.29, 0.717) is 0 Å². The molecular formula is C13H12N2O6S. The Kier molecular flexibility index (Phi) is 4.43. The van der Waals surface area contributed by atoms with Crippen molar-refractivity contribution in [1.82, 2.24) is 0 Å². The van der Waals surface area contributed by atoms with Crippen LogP contribution in [0.15, 0.2) is 53.4 Å². The van der Waals surface area contributed by atoms with Crippen molar-refractivity contribution in [2.45, 2.75) is 4.90 Å². The average Bonchev–Trinajstić information content (AvgIpc) is 2.47. The molecular weight excluding hydrogens is 312 g/mol. The van der Waals surface area contributed by atoms with Crippen LogP contribution in [0.4, 0.5) is 11.4 Å². The molecule has 0 aliphatic heterocycles. The summed E-state index contributed by atoms with van der Waals surface area (Å²) in [6, 6.07) is 10.7. The van der Waals surface area contributed by atoms with E-state index in [1.165, 1.54) is 12.1 Å². The SMILES string of the molecule is O=C(O)c1cc([NH+]([O-])O)cc(S(=O)(=O)Nc2ccccc2)c1. The number of sulfonamides is 1. The van der Waals surface area contributed by atoms with Gasteiger partial charge in [0.1, 0.15) is 0 Å². The highest BCUT2D eigenvalue weighted by Gasteiger charge is 2.20. The number of aromatic carboxylic acids is 1. The molecule has 116 valence electrons. The van der Waals surface area contributed by atoms with Gasteiger partial charge in [0.25, 0.3) is 10.0 Å². The second kappa shape index (κ2) is 6.12. The first kappa shape index (κ1) is 15.9. The van der Waals surface area contributed by atoms with Crippen LogP contribution in [0.5, 0.6) is 0 Å².